The number of carbonyl (C=O) groups is 1. The third kappa shape index (κ3) is 4.49. The fourth-order valence-electron chi connectivity index (χ4n) is 4.25. The smallest absolute Gasteiger partial charge is 0.263 e. The Morgan fingerprint density at radius 1 is 1.21 bits per heavy atom. The molecule has 1 atom stereocenters. The molecule has 0 saturated carbocycles. The Hall–Kier alpha value is -3.06. The van der Waals surface area contributed by atoms with Crippen LogP contribution in [-0.4, -0.2) is 71.6 Å². The lowest BCUT2D eigenvalue weighted by Crippen LogP contribution is -2.47. The number of halogens is 1. The summed E-state index contributed by atoms with van der Waals surface area (Å²) in [5.41, 5.74) is 0. The van der Waals surface area contributed by atoms with Crippen molar-refractivity contribution in [3.8, 4) is 17.3 Å². The van der Waals surface area contributed by atoms with Crippen LogP contribution >= 0.6 is 11.5 Å². The van der Waals surface area contributed by atoms with E-state index in [1.54, 1.807) is 6.20 Å². The second-order valence-electron chi connectivity index (χ2n) is 8.28. The summed E-state index contributed by atoms with van der Waals surface area (Å²) >= 11 is 1.30. The lowest BCUT2D eigenvalue weighted by atomic mass is 10.0. The molecule has 2 fully saturated rings. The minimum atomic E-state index is -3.53. The van der Waals surface area contributed by atoms with Crippen LogP contribution in [0, 0.1) is 5.82 Å². The molecule has 0 radical (unpaired) electrons. The highest BCUT2D eigenvalue weighted by Crippen LogP contribution is 2.30. The molecule has 180 valence electrons. The minimum absolute atomic E-state index is 0.0662. The third-order valence-electron chi connectivity index (χ3n) is 6.04. The predicted octanol–water partition coefficient (Wildman–Crippen LogP) is 2.38. The maximum atomic E-state index is 14.4. The summed E-state index contributed by atoms with van der Waals surface area (Å²) in [5.74, 6) is -0.0707. The second-order valence-corrected chi connectivity index (χ2v) is 11.0. The number of oxazole rings is 1. The van der Waals surface area contributed by atoms with Crippen LogP contribution in [0.2, 0.25) is 0 Å². The molecule has 1 aromatic carbocycles. The molecule has 0 spiro atoms. The van der Waals surface area contributed by atoms with Crippen LogP contribution in [0.5, 0.6) is 5.75 Å². The largest absolute Gasteiger partial charge is 0.477 e. The van der Waals surface area contributed by atoms with Crippen molar-refractivity contribution in [1.29, 1.82) is 0 Å². The maximum absolute atomic E-state index is 14.4. The van der Waals surface area contributed by atoms with Crippen LogP contribution in [-0.2, 0) is 14.6 Å². The molecular formula is C21H22FN5O5S2. The number of amides is 1. The Morgan fingerprint density at radius 2 is 2.00 bits per heavy atom. The Labute approximate surface area is 199 Å². The van der Waals surface area contributed by atoms with E-state index >= 15 is 0 Å². The first-order valence-corrected chi connectivity index (χ1v) is 13.4. The molecule has 0 unspecified atom stereocenters. The Bertz CT molecular complexity index is 1290. The van der Waals surface area contributed by atoms with Gasteiger partial charge in [-0.15, -0.1) is 0 Å². The summed E-state index contributed by atoms with van der Waals surface area (Å²) in [5, 5.41) is 0.798. The molecule has 0 N–H and O–H groups in total. The van der Waals surface area contributed by atoms with Crippen molar-refractivity contribution in [1.82, 2.24) is 19.2 Å². The number of hydrogen-bond donors (Lipinski definition) is 0. The maximum Gasteiger partial charge on any atom is 0.263 e. The van der Waals surface area contributed by atoms with Crippen LogP contribution in [0.4, 0.5) is 9.52 Å². The molecule has 34 heavy (non-hydrogen) atoms. The molecule has 13 heteroatoms. The molecule has 4 heterocycles. The van der Waals surface area contributed by atoms with Crippen molar-refractivity contribution in [3.05, 3.63) is 36.6 Å². The van der Waals surface area contributed by atoms with Gasteiger partial charge < -0.3 is 19.0 Å². The molecule has 2 aliphatic heterocycles. The average molecular weight is 508 g/mol. The van der Waals surface area contributed by atoms with E-state index in [0.29, 0.717) is 24.6 Å². The Kier molecular flexibility index (Phi) is 5.98. The predicted molar refractivity (Wildman–Crippen MR) is 121 cm³/mol. The van der Waals surface area contributed by atoms with Gasteiger partial charge in [-0.2, -0.15) is 9.36 Å². The van der Waals surface area contributed by atoms with Crippen molar-refractivity contribution < 1.29 is 26.8 Å². The van der Waals surface area contributed by atoms with Crippen molar-refractivity contribution in [2.24, 2.45) is 0 Å². The van der Waals surface area contributed by atoms with Crippen molar-refractivity contribution in [3.63, 3.8) is 0 Å². The van der Waals surface area contributed by atoms with Gasteiger partial charge in [-0.25, -0.2) is 17.8 Å². The zero-order valence-corrected chi connectivity index (χ0v) is 19.9. The fourth-order valence-corrected chi connectivity index (χ4v) is 5.60. The van der Waals surface area contributed by atoms with Gasteiger partial charge in [-0.05, 0) is 31.0 Å². The van der Waals surface area contributed by atoms with Gasteiger partial charge in [0.1, 0.15) is 0 Å². The number of aromatic nitrogens is 3. The summed E-state index contributed by atoms with van der Waals surface area (Å²) in [7, 11) is -3.53. The molecule has 5 rings (SSSR count). The van der Waals surface area contributed by atoms with Gasteiger partial charge >= 0.3 is 0 Å². The summed E-state index contributed by atoms with van der Waals surface area (Å²) < 4.78 is 52.8. The van der Waals surface area contributed by atoms with Crippen LogP contribution in [0.1, 0.15) is 19.3 Å². The topological polar surface area (TPSA) is 119 Å². The summed E-state index contributed by atoms with van der Waals surface area (Å²) in [6, 6.07) is 3.52. The number of sulfone groups is 1. The van der Waals surface area contributed by atoms with Gasteiger partial charge in [0.25, 0.3) is 5.91 Å². The molecule has 2 aromatic heterocycles. The number of benzene rings is 1. The lowest BCUT2D eigenvalue weighted by molar-refractivity contribution is -0.135. The number of ether oxygens (including phenoxy) is 1. The summed E-state index contributed by atoms with van der Waals surface area (Å²) in [6.07, 6.45) is 5.12. The van der Waals surface area contributed by atoms with Crippen LogP contribution in [0.3, 0.4) is 0 Å². The zero-order chi connectivity index (χ0) is 23.9. The molecule has 2 aliphatic rings. The van der Waals surface area contributed by atoms with Crippen LogP contribution < -0.4 is 9.64 Å². The van der Waals surface area contributed by atoms with Crippen LogP contribution in [0.25, 0.3) is 11.6 Å². The summed E-state index contributed by atoms with van der Waals surface area (Å²) in [4.78, 5) is 25.2. The molecule has 0 bridgehead atoms. The van der Waals surface area contributed by atoms with Gasteiger partial charge in [-0.3, -0.25) is 4.79 Å². The lowest BCUT2D eigenvalue weighted by Gasteiger charge is -2.36. The highest BCUT2D eigenvalue weighted by atomic mass is 32.2. The number of likely N-dealkylation sites (tertiary alicyclic amines) is 1. The SMILES string of the molecule is CS(=O)(=O)c1ccc(O[C@H]2CCN(C3CCN(c4nc(-c5cnco5)ns4)CC3)C2=O)c(F)c1. The van der Waals surface area contributed by atoms with E-state index in [-0.39, 0.29) is 22.6 Å². The fraction of sp³-hybridized carbons (Fsp3) is 0.429. The summed E-state index contributed by atoms with van der Waals surface area (Å²) in [6.45, 7) is 1.99. The van der Waals surface area contributed by atoms with E-state index < -0.39 is 21.8 Å². The van der Waals surface area contributed by atoms with Gasteiger partial charge in [0.2, 0.25) is 11.0 Å². The number of rotatable bonds is 6. The first kappa shape index (κ1) is 22.7. The van der Waals surface area contributed by atoms with E-state index in [1.165, 1.54) is 30.1 Å². The molecule has 10 nitrogen and oxygen atoms in total. The number of piperidine rings is 1. The first-order valence-electron chi connectivity index (χ1n) is 10.7. The van der Waals surface area contributed by atoms with Gasteiger partial charge in [0, 0.05) is 49.9 Å². The van der Waals surface area contributed by atoms with Gasteiger partial charge in [0.15, 0.2) is 39.7 Å². The number of nitrogens with zero attached hydrogens (tertiary/aromatic N) is 5. The molecule has 0 aliphatic carbocycles. The second kappa shape index (κ2) is 8.95. The number of anilines is 1. The van der Waals surface area contributed by atoms with E-state index in [2.05, 4.69) is 19.2 Å². The molecular weight excluding hydrogens is 485 g/mol. The standard InChI is InChI=1S/C21H22FN5O5S2/c1-34(29,30)14-2-3-16(15(22)10-14)32-17-6-9-27(20(17)28)13-4-7-26(8-5-13)21-24-19(25-33-21)18-11-23-12-31-18/h2-3,10-13,17H,4-9H2,1H3/t17-/m0/s1. The monoisotopic (exact) mass is 507 g/mol. The Balaban J connectivity index is 1.18. The minimum Gasteiger partial charge on any atom is -0.477 e. The van der Waals surface area contributed by atoms with Gasteiger partial charge in [-0.1, -0.05) is 0 Å². The first-order chi connectivity index (χ1) is 16.3. The molecule has 2 saturated heterocycles. The number of hydrogen-bond acceptors (Lipinski definition) is 10. The van der Waals surface area contributed by atoms with Crippen molar-refractivity contribution in [2.75, 3.05) is 30.8 Å². The Morgan fingerprint density at radius 3 is 2.68 bits per heavy atom. The quantitative estimate of drug-likeness (QED) is 0.495. The number of carbonyl (C=O) groups excluding carboxylic acids is 1. The highest BCUT2D eigenvalue weighted by molar-refractivity contribution is 7.90. The van der Waals surface area contributed by atoms with E-state index in [4.69, 9.17) is 9.15 Å². The average Bonchev–Trinajstić information content (AvgIpc) is 3.56. The normalized spacial score (nSPS) is 19.7. The zero-order valence-electron chi connectivity index (χ0n) is 18.3. The molecule has 3 aromatic rings. The van der Waals surface area contributed by atoms with Crippen molar-refractivity contribution in [2.45, 2.75) is 36.3 Å². The highest BCUT2D eigenvalue weighted by Gasteiger charge is 2.39. The van der Waals surface area contributed by atoms with Crippen LogP contribution in [0.15, 0.2) is 40.1 Å². The molecule has 1 amide bonds. The van der Waals surface area contributed by atoms with E-state index in [0.717, 1.165) is 43.4 Å². The van der Waals surface area contributed by atoms with E-state index in [9.17, 15) is 17.6 Å². The van der Waals surface area contributed by atoms with Gasteiger partial charge in [0.05, 0.1) is 11.1 Å². The van der Waals surface area contributed by atoms with Crippen molar-refractivity contribution >= 4 is 32.4 Å². The third-order valence-corrected chi connectivity index (χ3v) is 7.92. The van der Waals surface area contributed by atoms with E-state index in [1.807, 2.05) is 4.90 Å².